The van der Waals surface area contributed by atoms with E-state index in [1.807, 2.05) is 13.0 Å². The molecule has 0 bridgehead atoms. The first-order chi connectivity index (χ1) is 7.58. The average Bonchev–Trinajstić information content (AvgIpc) is 2.16. The molecule has 88 valence electrons. The molecule has 0 aliphatic heterocycles. The molecule has 6 heteroatoms. The van der Waals surface area contributed by atoms with Crippen molar-refractivity contribution in [1.82, 2.24) is 0 Å². The van der Waals surface area contributed by atoms with Gasteiger partial charge in [0, 0.05) is 0 Å². The van der Waals surface area contributed by atoms with Crippen molar-refractivity contribution in [2.45, 2.75) is 13.3 Å². The summed E-state index contributed by atoms with van der Waals surface area (Å²) in [4.78, 5) is 11.2. The Labute approximate surface area is 95.1 Å². The van der Waals surface area contributed by atoms with E-state index >= 15 is 0 Å². The Balaban J connectivity index is 2.39. The third-order valence-corrected chi connectivity index (χ3v) is 2.12. The van der Waals surface area contributed by atoms with Gasteiger partial charge in [0.1, 0.15) is 5.75 Å². The molecule has 0 amide bonds. The topological polar surface area (TPSA) is 69.7 Å². The number of hydrogen-bond acceptors (Lipinski definition) is 5. The quantitative estimate of drug-likeness (QED) is 0.472. The lowest BCUT2D eigenvalue weighted by Crippen LogP contribution is -2.11. The van der Waals surface area contributed by atoms with Gasteiger partial charge >= 0.3 is 5.97 Å². The zero-order chi connectivity index (χ0) is 12.0. The fourth-order valence-corrected chi connectivity index (χ4v) is 1.31. The molecular formula is C10H12O5S. The normalized spacial score (nSPS) is 10.4. The highest BCUT2D eigenvalue weighted by molar-refractivity contribution is 7.67. The maximum Gasteiger partial charge on any atom is 0.313 e. The van der Waals surface area contributed by atoms with Gasteiger partial charge in [-0.1, -0.05) is 12.1 Å². The van der Waals surface area contributed by atoms with E-state index in [4.69, 9.17) is 4.74 Å². The summed E-state index contributed by atoms with van der Waals surface area (Å²) in [6.07, 6.45) is -0.0999. The molecular weight excluding hydrogens is 232 g/mol. The van der Waals surface area contributed by atoms with E-state index in [0.717, 1.165) is 5.56 Å². The maximum atomic E-state index is 11.2. The third kappa shape index (κ3) is 4.90. The molecule has 0 spiro atoms. The van der Waals surface area contributed by atoms with E-state index in [1.54, 1.807) is 18.2 Å². The number of hydrogen-bond donors (Lipinski definition) is 1. The lowest BCUT2D eigenvalue weighted by atomic mass is 10.2. The molecule has 0 saturated heterocycles. The number of rotatable bonds is 5. The monoisotopic (exact) mass is 244 g/mol. The van der Waals surface area contributed by atoms with Crippen LogP contribution in [0.1, 0.15) is 12.0 Å². The number of carbonyl (C=O) groups is 1. The van der Waals surface area contributed by atoms with Crippen LogP contribution in [0, 0.1) is 6.92 Å². The van der Waals surface area contributed by atoms with Crippen LogP contribution in [-0.4, -0.2) is 21.0 Å². The Morgan fingerprint density at radius 3 is 2.75 bits per heavy atom. The maximum absolute atomic E-state index is 11.2. The molecule has 0 saturated carbocycles. The van der Waals surface area contributed by atoms with Crippen LogP contribution >= 0.6 is 0 Å². The molecule has 0 heterocycles. The summed E-state index contributed by atoms with van der Waals surface area (Å²) in [5.41, 5.74) is 0.976. The van der Waals surface area contributed by atoms with Crippen LogP contribution in [0.5, 0.6) is 5.75 Å². The van der Waals surface area contributed by atoms with Gasteiger partial charge < -0.3 is 4.74 Å². The van der Waals surface area contributed by atoms with Gasteiger partial charge in [-0.05, 0) is 24.6 Å². The van der Waals surface area contributed by atoms with Crippen LogP contribution in [0.25, 0.3) is 0 Å². The number of esters is 1. The van der Waals surface area contributed by atoms with E-state index in [9.17, 15) is 13.2 Å². The molecule has 1 aromatic carbocycles. The molecule has 0 atom stereocenters. The van der Waals surface area contributed by atoms with Crippen LogP contribution in [-0.2, 0) is 20.0 Å². The largest absolute Gasteiger partial charge is 0.426 e. The highest BCUT2D eigenvalue weighted by Gasteiger charge is 2.05. The number of carbonyl (C=O) groups excluding carboxylic acids is 1. The molecule has 0 N–H and O–H groups in total. The lowest BCUT2D eigenvalue weighted by molar-refractivity contribution is -0.134. The van der Waals surface area contributed by atoms with Crippen LogP contribution in [0.3, 0.4) is 0 Å². The van der Waals surface area contributed by atoms with Gasteiger partial charge in [-0.15, -0.1) is 0 Å². The summed E-state index contributed by atoms with van der Waals surface area (Å²) >= 11 is 0. The Morgan fingerprint density at radius 2 is 2.12 bits per heavy atom. The predicted octanol–water partition coefficient (Wildman–Crippen LogP) is 0.834. The number of benzene rings is 1. The molecule has 0 fully saturated rings. The van der Waals surface area contributed by atoms with Gasteiger partial charge in [0.25, 0.3) is 11.0 Å². The van der Waals surface area contributed by atoms with Crippen molar-refractivity contribution >= 4 is 17.0 Å². The molecule has 0 aliphatic carbocycles. The number of aryl methyl sites for hydroxylation is 1. The second-order valence-electron chi connectivity index (χ2n) is 3.10. The fraction of sp³-hybridized carbons (Fsp3) is 0.300. The van der Waals surface area contributed by atoms with Gasteiger partial charge in [-0.25, -0.2) is 8.42 Å². The zero-order valence-electron chi connectivity index (χ0n) is 8.71. The number of thiol groups is 1. The first-order valence-electron chi connectivity index (χ1n) is 4.62. The summed E-state index contributed by atoms with van der Waals surface area (Å²) in [7, 11) is -2.90. The minimum Gasteiger partial charge on any atom is -0.426 e. The van der Waals surface area contributed by atoms with Gasteiger partial charge in [0.05, 0.1) is 13.0 Å². The van der Waals surface area contributed by atoms with E-state index in [1.165, 1.54) is 0 Å². The van der Waals surface area contributed by atoms with E-state index in [2.05, 4.69) is 4.18 Å². The van der Waals surface area contributed by atoms with Crippen molar-refractivity contribution in [3.05, 3.63) is 29.8 Å². The fourth-order valence-electron chi connectivity index (χ4n) is 1.06. The molecule has 5 nitrogen and oxygen atoms in total. The van der Waals surface area contributed by atoms with E-state index < -0.39 is 17.0 Å². The molecule has 0 unspecified atom stereocenters. The van der Waals surface area contributed by atoms with Crippen molar-refractivity contribution in [3.8, 4) is 5.75 Å². The summed E-state index contributed by atoms with van der Waals surface area (Å²) < 4.78 is 29.3. The van der Waals surface area contributed by atoms with Crippen molar-refractivity contribution in [3.63, 3.8) is 0 Å². The van der Waals surface area contributed by atoms with Gasteiger partial charge in [-0.3, -0.25) is 8.98 Å². The Hall–Kier alpha value is -1.40. The van der Waals surface area contributed by atoms with Crippen LogP contribution in [0.4, 0.5) is 0 Å². The van der Waals surface area contributed by atoms with Crippen molar-refractivity contribution < 1.29 is 22.1 Å². The van der Waals surface area contributed by atoms with Crippen LogP contribution in [0.2, 0.25) is 0 Å². The second kappa shape index (κ2) is 6.24. The van der Waals surface area contributed by atoms with Crippen molar-refractivity contribution in [2.24, 2.45) is 0 Å². The van der Waals surface area contributed by atoms with Gasteiger partial charge in [0.2, 0.25) is 0 Å². The van der Waals surface area contributed by atoms with Crippen LogP contribution in [0.15, 0.2) is 24.3 Å². The van der Waals surface area contributed by atoms with Gasteiger partial charge in [-0.2, -0.15) is 0 Å². The highest BCUT2D eigenvalue weighted by Crippen LogP contribution is 2.12. The van der Waals surface area contributed by atoms with Crippen molar-refractivity contribution in [2.75, 3.05) is 6.61 Å². The summed E-state index contributed by atoms with van der Waals surface area (Å²) in [6, 6.07) is 7.01. The highest BCUT2D eigenvalue weighted by atomic mass is 32.2. The standard InChI is InChI=1S/C10H12O5S/c1-8-3-2-4-9(7-8)15-10(11)5-6-14-16(12)13/h2-4,7,16H,5-6H2,1H3. The average molecular weight is 244 g/mol. The number of ether oxygens (including phenoxy) is 1. The summed E-state index contributed by atoms with van der Waals surface area (Å²) in [5.74, 6) is -0.0843. The third-order valence-electron chi connectivity index (χ3n) is 1.72. The molecule has 0 aliphatic rings. The Bertz CT molecular complexity index is 431. The first kappa shape index (κ1) is 12.7. The Morgan fingerprint density at radius 1 is 1.38 bits per heavy atom. The van der Waals surface area contributed by atoms with Gasteiger partial charge in [0.15, 0.2) is 0 Å². The minimum atomic E-state index is -2.90. The van der Waals surface area contributed by atoms with Crippen molar-refractivity contribution in [1.29, 1.82) is 0 Å². The molecule has 16 heavy (non-hydrogen) atoms. The lowest BCUT2D eigenvalue weighted by Gasteiger charge is -2.03. The smallest absolute Gasteiger partial charge is 0.313 e. The van der Waals surface area contributed by atoms with E-state index in [0.29, 0.717) is 5.75 Å². The minimum absolute atomic E-state index is 0.0999. The first-order valence-corrected chi connectivity index (χ1v) is 5.72. The Kier molecular flexibility index (Phi) is 4.94. The summed E-state index contributed by atoms with van der Waals surface area (Å²) in [5, 5.41) is 0. The molecule has 0 aromatic heterocycles. The molecule has 1 aromatic rings. The van der Waals surface area contributed by atoms with E-state index in [-0.39, 0.29) is 13.0 Å². The molecule has 0 radical (unpaired) electrons. The zero-order valence-corrected chi connectivity index (χ0v) is 9.61. The summed E-state index contributed by atoms with van der Waals surface area (Å²) in [6.45, 7) is 1.69. The van der Waals surface area contributed by atoms with Crippen LogP contribution < -0.4 is 4.74 Å². The predicted molar refractivity (Wildman–Crippen MR) is 57.7 cm³/mol. The SMILES string of the molecule is Cc1cccc(OC(=O)CCO[SH](=O)=O)c1. The second-order valence-corrected chi connectivity index (χ2v) is 3.80. The molecule has 1 rings (SSSR count).